The average Bonchev–Trinajstić information content (AvgIpc) is 3.25. The van der Waals surface area contributed by atoms with Gasteiger partial charge in [0.05, 0.1) is 0 Å². The number of hydrogen-bond acceptors (Lipinski definition) is 4. The average molecular weight is 340 g/mol. The molecule has 1 aromatic carbocycles. The van der Waals surface area contributed by atoms with Crippen LogP contribution in [0.3, 0.4) is 0 Å². The minimum atomic E-state index is -0.124. The van der Waals surface area contributed by atoms with Gasteiger partial charge in [-0.2, -0.15) is 0 Å². The predicted molar refractivity (Wildman–Crippen MR) is 90.0 cm³/mol. The molecule has 126 valence electrons. The lowest BCUT2D eigenvalue weighted by Gasteiger charge is -2.12. The van der Waals surface area contributed by atoms with Crippen LogP contribution in [0.15, 0.2) is 24.3 Å². The Morgan fingerprint density at radius 2 is 2.09 bits per heavy atom. The molecule has 1 aliphatic carbocycles. The van der Waals surface area contributed by atoms with Gasteiger partial charge in [0.25, 0.3) is 5.91 Å². The lowest BCUT2D eigenvalue weighted by Crippen LogP contribution is -2.39. The maximum atomic E-state index is 11.8. The zero-order valence-corrected chi connectivity index (χ0v) is 13.7. The van der Waals surface area contributed by atoms with Gasteiger partial charge in [0.2, 0.25) is 5.91 Å². The van der Waals surface area contributed by atoms with E-state index in [0.29, 0.717) is 11.4 Å². The van der Waals surface area contributed by atoms with Crippen molar-refractivity contribution in [2.24, 2.45) is 5.92 Å². The van der Waals surface area contributed by atoms with Crippen LogP contribution in [0.25, 0.3) is 0 Å². The molecule has 0 bridgehead atoms. The first-order valence-corrected chi connectivity index (χ1v) is 7.74. The van der Waals surface area contributed by atoms with Crippen LogP contribution in [-0.4, -0.2) is 37.6 Å². The van der Waals surface area contributed by atoms with E-state index in [4.69, 9.17) is 4.74 Å². The summed E-state index contributed by atoms with van der Waals surface area (Å²) in [6.07, 6.45) is 2.89. The lowest BCUT2D eigenvalue weighted by atomic mass is 10.2. The number of carbonyl (C=O) groups excluding carboxylic acids is 2. The predicted octanol–water partition coefficient (Wildman–Crippen LogP) is 1.31. The van der Waals surface area contributed by atoms with Crippen LogP contribution in [-0.2, 0) is 9.59 Å². The Hall–Kier alpha value is -1.79. The Bertz CT molecular complexity index is 557. The highest BCUT2D eigenvalue weighted by Gasteiger charge is 2.29. The van der Waals surface area contributed by atoms with E-state index in [1.807, 2.05) is 6.07 Å². The summed E-state index contributed by atoms with van der Waals surface area (Å²) in [6, 6.07) is 7.33. The zero-order valence-electron chi connectivity index (χ0n) is 12.8. The van der Waals surface area contributed by atoms with Crippen molar-refractivity contribution in [1.29, 1.82) is 0 Å². The fourth-order valence-corrected chi connectivity index (χ4v) is 2.45. The highest BCUT2D eigenvalue weighted by Crippen LogP contribution is 2.30. The highest BCUT2D eigenvalue weighted by molar-refractivity contribution is 5.94. The smallest absolute Gasteiger partial charge is 0.258 e. The Kier molecular flexibility index (Phi) is 6.24. The monoisotopic (exact) mass is 339 g/mol. The summed E-state index contributed by atoms with van der Waals surface area (Å²) in [5, 5.41) is 8.98. The summed E-state index contributed by atoms with van der Waals surface area (Å²) < 4.78 is 5.49. The molecule has 1 aliphatic heterocycles. The third-order valence-electron chi connectivity index (χ3n) is 3.85. The number of benzene rings is 1. The summed E-state index contributed by atoms with van der Waals surface area (Å²) in [7, 11) is 0. The number of rotatable bonds is 6. The van der Waals surface area contributed by atoms with Gasteiger partial charge in [-0.25, -0.2) is 0 Å². The molecular weight excluding hydrogens is 318 g/mol. The van der Waals surface area contributed by atoms with Gasteiger partial charge in [0, 0.05) is 30.3 Å². The van der Waals surface area contributed by atoms with Crippen molar-refractivity contribution in [3.63, 3.8) is 0 Å². The second kappa shape index (κ2) is 8.17. The van der Waals surface area contributed by atoms with Crippen molar-refractivity contribution in [2.75, 3.05) is 25.0 Å². The molecule has 1 saturated heterocycles. The van der Waals surface area contributed by atoms with Crippen molar-refractivity contribution in [3.05, 3.63) is 24.3 Å². The molecule has 2 fully saturated rings. The number of amides is 2. The van der Waals surface area contributed by atoms with Crippen molar-refractivity contribution >= 4 is 29.9 Å². The number of anilines is 1. The van der Waals surface area contributed by atoms with Crippen molar-refractivity contribution in [3.8, 4) is 5.75 Å². The Morgan fingerprint density at radius 1 is 1.26 bits per heavy atom. The second-order valence-electron chi connectivity index (χ2n) is 5.84. The van der Waals surface area contributed by atoms with E-state index < -0.39 is 0 Å². The number of carbonyl (C=O) groups is 2. The Balaban J connectivity index is 0.00000192. The van der Waals surface area contributed by atoms with E-state index >= 15 is 0 Å². The van der Waals surface area contributed by atoms with E-state index in [0.717, 1.165) is 32.4 Å². The number of halogens is 1. The molecule has 3 rings (SSSR count). The molecule has 3 N–H and O–H groups in total. The summed E-state index contributed by atoms with van der Waals surface area (Å²) in [6.45, 7) is 1.74. The fraction of sp³-hybridized carbons (Fsp3) is 0.500. The van der Waals surface area contributed by atoms with Crippen LogP contribution < -0.4 is 20.7 Å². The van der Waals surface area contributed by atoms with Gasteiger partial charge in [-0.3, -0.25) is 9.59 Å². The van der Waals surface area contributed by atoms with Crippen molar-refractivity contribution in [1.82, 2.24) is 10.6 Å². The van der Waals surface area contributed by atoms with Crippen LogP contribution >= 0.6 is 12.4 Å². The molecule has 1 saturated carbocycles. The van der Waals surface area contributed by atoms with Crippen LogP contribution in [0, 0.1) is 5.92 Å². The Morgan fingerprint density at radius 3 is 2.78 bits per heavy atom. The van der Waals surface area contributed by atoms with Gasteiger partial charge in [0.15, 0.2) is 6.61 Å². The molecule has 0 radical (unpaired) electrons. The molecule has 7 heteroatoms. The van der Waals surface area contributed by atoms with E-state index in [-0.39, 0.29) is 42.8 Å². The molecule has 1 heterocycles. The topological polar surface area (TPSA) is 79.5 Å². The standard InChI is InChI=1S/C16H21N3O3.ClH/c20-15(18-13-6-7-17-9-13)10-22-14-3-1-2-12(8-14)19-16(21)11-4-5-11;/h1-3,8,11,13,17H,4-7,9-10H2,(H,18,20)(H,19,21);1H. The van der Waals surface area contributed by atoms with Gasteiger partial charge >= 0.3 is 0 Å². The van der Waals surface area contributed by atoms with Crippen LogP contribution in [0.4, 0.5) is 5.69 Å². The minimum Gasteiger partial charge on any atom is -0.484 e. The zero-order chi connectivity index (χ0) is 15.4. The normalized spacial score (nSPS) is 19.6. The van der Waals surface area contributed by atoms with Crippen molar-refractivity contribution < 1.29 is 14.3 Å². The third-order valence-corrected chi connectivity index (χ3v) is 3.85. The number of nitrogens with one attached hydrogen (secondary N) is 3. The van der Waals surface area contributed by atoms with E-state index in [2.05, 4.69) is 16.0 Å². The first kappa shape index (κ1) is 17.6. The molecule has 6 nitrogen and oxygen atoms in total. The fourth-order valence-electron chi connectivity index (χ4n) is 2.45. The van der Waals surface area contributed by atoms with E-state index in [9.17, 15) is 9.59 Å². The summed E-state index contributed by atoms with van der Waals surface area (Å²) in [5.74, 6) is 0.674. The minimum absolute atomic E-state index is 0. The largest absolute Gasteiger partial charge is 0.484 e. The third kappa shape index (κ3) is 5.41. The van der Waals surface area contributed by atoms with Crippen LogP contribution in [0.5, 0.6) is 5.75 Å². The molecule has 1 unspecified atom stereocenters. The molecule has 2 aliphatic rings. The van der Waals surface area contributed by atoms with Gasteiger partial charge in [-0.1, -0.05) is 6.07 Å². The summed E-state index contributed by atoms with van der Waals surface area (Å²) >= 11 is 0. The summed E-state index contributed by atoms with van der Waals surface area (Å²) in [4.78, 5) is 23.5. The van der Waals surface area contributed by atoms with Gasteiger partial charge in [-0.15, -0.1) is 12.4 Å². The summed E-state index contributed by atoms with van der Waals surface area (Å²) in [5.41, 5.74) is 0.704. The van der Waals surface area contributed by atoms with Gasteiger partial charge in [0.1, 0.15) is 5.75 Å². The molecule has 0 aromatic heterocycles. The molecule has 1 atom stereocenters. The molecule has 0 spiro atoms. The molecule has 1 aromatic rings. The van der Waals surface area contributed by atoms with E-state index in [1.165, 1.54) is 0 Å². The van der Waals surface area contributed by atoms with E-state index in [1.54, 1.807) is 18.2 Å². The number of ether oxygens (including phenoxy) is 1. The SMILES string of the molecule is Cl.O=C(COc1cccc(NC(=O)C2CC2)c1)NC1CCNC1. The maximum Gasteiger partial charge on any atom is 0.258 e. The number of hydrogen-bond donors (Lipinski definition) is 3. The first-order valence-electron chi connectivity index (χ1n) is 7.74. The molecular formula is C16H22ClN3O3. The molecule has 2 amide bonds. The van der Waals surface area contributed by atoms with Crippen molar-refractivity contribution in [2.45, 2.75) is 25.3 Å². The Labute approximate surface area is 141 Å². The molecule has 23 heavy (non-hydrogen) atoms. The van der Waals surface area contributed by atoms with Crippen LogP contribution in [0.1, 0.15) is 19.3 Å². The van der Waals surface area contributed by atoms with Gasteiger partial charge in [-0.05, 0) is 37.9 Å². The quantitative estimate of drug-likeness (QED) is 0.730. The first-order chi connectivity index (χ1) is 10.7. The highest BCUT2D eigenvalue weighted by atomic mass is 35.5. The second-order valence-corrected chi connectivity index (χ2v) is 5.84. The maximum absolute atomic E-state index is 11.8. The van der Waals surface area contributed by atoms with Crippen LogP contribution in [0.2, 0.25) is 0 Å². The van der Waals surface area contributed by atoms with Gasteiger partial charge < -0.3 is 20.7 Å². The lowest BCUT2D eigenvalue weighted by molar-refractivity contribution is -0.123.